The van der Waals surface area contributed by atoms with E-state index in [-0.39, 0.29) is 6.10 Å². The minimum absolute atomic E-state index is 0.326. The molecule has 0 aliphatic rings. The number of aliphatic hydroxyl groups excluding tert-OH is 1. The zero-order valence-corrected chi connectivity index (χ0v) is 10.1. The average molecular weight is 206 g/mol. The molecule has 0 aliphatic carbocycles. The van der Waals surface area contributed by atoms with E-state index in [0.29, 0.717) is 17.8 Å². The Morgan fingerprint density at radius 2 is 1.33 bits per heavy atom. The normalized spacial score (nSPS) is 13.9. The summed E-state index contributed by atoms with van der Waals surface area (Å²) in [4.78, 5) is 0. The van der Waals surface area contributed by atoms with E-state index < -0.39 is 0 Å². The van der Waals surface area contributed by atoms with E-state index in [1.807, 2.05) is 30.3 Å². The van der Waals surface area contributed by atoms with Crippen LogP contribution in [0, 0.1) is 17.8 Å². The van der Waals surface area contributed by atoms with Crippen molar-refractivity contribution in [1.29, 1.82) is 0 Å². The molecule has 1 rings (SSSR count). The van der Waals surface area contributed by atoms with Gasteiger partial charge in [-0.25, -0.2) is 0 Å². The van der Waals surface area contributed by atoms with Gasteiger partial charge in [-0.15, -0.1) is 0 Å². The lowest BCUT2D eigenvalue weighted by atomic mass is 9.79. The third kappa shape index (κ3) is 3.07. The average Bonchev–Trinajstić information content (AvgIpc) is 2.18. The predicted molar refractivity (Wildman–Crippen MR) is 64.6 cm³/mol. The Hall–Kier alpha value is -0.820. The second-order valence-corrected chi connectivity index (χ2v) is 4.92. The maximum absolute atomic E-state index is 10.3. The first-order valence-corrected chi connectivity index (χ1v) is 5.77. The molecule has 0 saturated carbocycles. The maximum Gasteiger partial charge on any atom is 0.0823 e. The molecular formula is C14H22O. The molecule has 84 valence electrons. The molecule has 1 aromatic rings. The summed E-state index contributed by atoms with van der Waals surface area (Å²) < 4.78 is 0. The molecule has 0 radical (unpaired) electrons. The summed E-state index contributed by atoms with van der Waals surface area (Å²) >= 11 is 0. The smallest absolute Gasteiger partial charge is 0.0823 e. The van der Waals surface area contributed by atoms with E-state index in [1.54, 1.807) is 0 Å². The van der Waals surface area contributed by atoms with Crippen molar-refractivity contribution in [3.05, 3.63) is 35.9 Å². The van der Waals surface area contributed by atoms with Crippen LogP contribution in [0.5, 0.6) is 0 Å². The molecule has 0 heterocycles. The maximum atomic E-state index is 10.3. The number of hydrogen-bond acceptors (Lipinski definition) is 1. The first-order valence-electron chi connectivity index (χ1n) is 5.77. The van der Waals surface area contributed by atoms with E-state index in [4.69, 9.17) is 0 Å². The van der Waals surface area contributed by atoms with Crippen LogP contribution < -0.4 is 0 Å². The van der Waals surface area contributed by atoms with Gasteiger partial charge in [0.1, 0.15) is 0 Å². The Kier molecular flexibility index (Phi) is 4.34. The predicted octanol–water partition coefficient (Wildman–Crippen LogP) is 3.65. The van der Waals surface area contributed by atoms with Gasteiger partial charge in [0.2, 0.25) is 0 Å². The minimum atomic E-state index is -0.341. The van der Waals surface area contributed by atoms with Gasteiger partial charge in [0, 0.05) is 0 Å². The van der Waals surface area contributed by atoms with Gasteiger partial charge in [-0.1, -0.05) is 58.0 Å². The Labute approximate surface area is 93.1 Å². The highest BCUT2D eigenvalue weighted by atomic mass is 16.3. The molecule has 0 amide bonds. The van der Waals surface area contributed by atoms with Gasteiger partial charge in [0.15, 0.2) is 0 Å². The first kappa shape index (κ1) is 12.3. The fourth-order valence-electron chi connectivity index (χ4n) is 2.37. The number of rotatable bonds is 4. The zero-order chi connectivity index (χ0) is 11.4. The Bertz CT molecular complexity index is 269. The van der Waals surface area contributed by atoms with E-state index in [0.717, 1.165) is 5.56 Å². The van der Waals surface area contributed by atoms with Crippen molar-refractivity contribution in [2.24, 2.45) is 17.8 Å². The fourth-order valence-corrected chi connectivity index (χ4v) is 2.37. The van der Waals surface area contributed by atoms with Crippen LogP contribution in [0.25, 0.3) is 0 Å². The van der Waals surface area contributed by atoms with Crippen molar-refractivity contribution in [2.45, 2.75) is 33.8 Å². The van der Waals surface area contributed by atoms with Gasteiger partial charge in [0.05, 0.1) is 6.10 Å². The summed E-state index contributed by atoms with van der Waals surface area (Å²) in [6.45, 7) is 8.71. The molecule has 0 saturated heterocycles. The van der Waals surface area contributed by atoms with Crippen molar-refractivity contribution in [2.75, 3.05) is 0 Å². The SMILES string of the molecule is CC(C)C(C(C)C)C(O)c1ccccc1. The summed E-state index contributed by atoms with van der Waals surface area (Å²) in [5, 5.41) is 10.3. The highest BCUT2D eigenvalue weighted by Crippen LogP contribution is 2.33. The van der Waals surface area contributed by atoms with E-state index in [1.165, 1.54) is 0 Å². The molecule has 1 N–H and O–H groups in total. The van der Waals surface area contributed by atoms with Crippen LogP contribution in [0.2, 0.25) is 0 Å². The lowest BCUT2D eigenvalue weighted by Gasteiger charge is -2.30. The van der Waals surface area contributed by atoms with Crippen LogP contribution >= 0.6 is 0 Å². The third-order valence-corrected chi connectivity index (χ3v) is 3.05. The second kappa shape index (κ2) is 5.32. The molecule has 0 fully saturated rings. The molecule has 1 aromatic carbocycles. The molecule has 0 bridgehead atoms. The van der Waals surface area contributed by atoms with Crippen LogP contribution in [0.4, 0.5) is 0 Å². The summed E-state index contributed by atoms with van der Waals surface area (Å²) in [6.07, 6.45) is -0.341. The summed E-state index contributed by atoms with van der Waals surface area (Å²) in [6, 6.07) is 9.95. The lowest BCUT2D eigenvalue weighted by Crippen LogP contribution is -2.23. The van der Waals surface area contributed by atoms with Crippen molar-refractivity contribution in [3.63, 3.8) is 0 Å². The van der Waals surface area contributed by atoms with Gasteiger partial charge in [0.25, 0.3) is 0 Å². The molecule has 1 heteroatoms. The number of benzene rings is 1. The van der Waals surface area contributed by atoms with Crippen LogP contribution in [0.15, 0.2) is 30.3 Å². The highest BCUT2D eigenvalue weighted by Gasteiger charge is 2.26. The molecule has 1 atom stereocenters. The number of hydrogen-bond donors (Lipinski definition) is 1. The quantitative estimate of drug-likeness (QED) is 0.797. The Morgan fingerprint density at radius 3 is 1.73 bits per heavy atom. The zero-order valence-electron chi connectivity index (χ0n) is 10.1. The van der Waals surface area contributed by atoms with Crippen LogP contribution in [0.3, 0.4) is 0 Å². The molecule has 0 spiro atoms. The highest BCUT2D eigenvalue weighted by molar-refractivity contribution is 5.18. The van der Waals surface area contributed by atoms with Crippen LogP contribution in [0.1, 0.15) is 39.4 Å². The number of aliphatic hydroxyl groups is 1. The largest absolute Gasteiger partial charge is 0.388 e. The van der Waals surface area contributed by atoms with E-state index >= 15 is 0 Å². The van der Waals surface area contributed by atoms with Crippen LogP contribution in [-0.2, 0) is 0 Å². The van der Waals surface area contributed by atoms with E-state index in [2.05, 4.69) is 27.7 Å². The van der Waals surface area contributed by atoms with Gasteiger partial charge >= 0.3 is 0 Å². The molecule has 0 aromatic heterocycles. The van der Waals surface area contributed by atoms with Crippen molar-refractivity contribution < 1.29 is 5.11 Å². The fraction of sp³-hybridized carbons (Fsp3) is 0.571. The summed E-state index contributed by atoms with van der Waals surface area (Å²) in [5.41, 5.74) is 1.03. The van der Waals surface area contributed by atoms with Crippen molar-refractivity contribution >= 4 is 0 Å². The Morgan fingerprint density at radius 1 is 0.867 bits per heavy atom. The first-order chi connectivity index (χ1) is 7.04. The van der Waals surface area contributed by atoms with Gasteiger partial charge < -0.3 is 5.11 Å². The van der Waals surface area contributed by atoms with Gasteiger partial charge in [-0.2, -0.15) is 0 Å². The minimum Gasteiger partial charge on any atom is -0.388 e. The molecule has 1 nitrogen and oxygen atoms in total. The topological polar surface area (TPSA) is 20.2 Å². The third-order valence-electron chi connectivity index (χ3n) is 3.05. The van der Waals surface area contributed by atoms with Gasteiger partial charge in [-0.3, -0.25) is 0 Å². The standard InChI is InChI=1S/C14H22O/c1-10(2)13(11(3)4)14(15)12-8-6-5-7-9-12/h5-11,13-15H,1-4H3. The van der Waals surface area contributed by atoms with Crippen molar-refractivity contribution in [1.82, 2.24) is 0 Å². The molecule has 15 heavy (non-hydrogen) atoms. The van der Waals surface area contributed by atoms with Crippen LogP contribution in [-0.4, -0.2) is 5.11 Å². The van der Waals surface area contributed by atoms with Crippen molar-refractivity contribution in [3.8, 4) is 0 Å². The Balaban J connectivity index is 2.86. The van der Waals surface area contributed by atoms with Gasteiger partial charge in [-0.05, 0) is 23.3 Å². The molecular weight excluding hydrogens is 184 g/mol. The molecule has 0 aliphatic heterocycles. The second-order valence-electron chi connectivity index (χ2n) is 4.92. The van der Waals surface area contributed by atoms with E-state index in [9.17, 15) is 5.11 Å². The molecule has 1 unspecified atom stereocenters. The monoisotopic (exact) mass is 206 g/mol. The summed E-state index contributed by atoms with van der Waals surface area (Å²) in [7, 11) is 0. The summed E-state index contributed by atoms with van der Waals surface area (Å²) in [5.74, 6) is 1.33. The lowest BCUT2D eigenvalue weighted by molar-refractivity contribution is 0.0525.